The van der Waals surface area contributed by atoms with Crippen LogP contribution in [0.3, 0.4) is 0 Å². The summed E-state index contributed by atoms with van der Waals surface area (Å²) in [5, 5.41) is 3.28. The molecule has 1 atom stereocenters. The van der Waals surface area contributed by atoms with Crippen molar-refractivity contribution in [3.05, 3.63) is 0 Å². The molecule has 0 aromatic carbocycles. The van der Waals surface area contributed by atoms with Crippen LogP contribution in [0, 0.1) is 5.92 Å². The molecule has 1 aliphatic heterocycles. The van der Waals surface area contributed by atoms with Crippen LogP contribution in [0.15, 0.2) is 0 Å². The predicted molar refractivity (Wildman–Crippen MR) is 67.6 cm³/mol. The molecule has 0 radical (unpaired) electrons. The fourth-order valence-electron chi connectivity index (χ4n) is 2.81. The molecule has 5 heteroatoms. The van der Waals surface area contributed by atoms with E-state index in [9.17, 15) is 13.2 Å². The molecule has 1 aliphatic rings. The van der Waals surface area contributed by atoms with Gasteiger partial charge in [0.2, 0.25) is 0 Å². The van der Waals surface area contributed by atoms with Gasteiger partial charge in [-0.1, -0.05) is 6.92 Å². The Hall–Kier alpha value is -0.290. The lowest BCUT2D eigenvalue weighted by molar-refractivity contribution is -0.191. The molecule has 1 N–H and O–H groups in total. The van der Waals surface area contributed by atoms with Crippen LogP contribution in [-0.4, -0.2) is 42.8 Å². The zero-order chi connectivity index (χ0) is 13.8. The molecule has 1 saturated heterocycles. The fraction of sp³-hybridized carbons (Fsp3) is 1.00. The van der Waals surface area contributed by atoms with E-state index >= 15 is 0 Å². The minimum absolute atomic E-state index is 0.235. The van der Waals surface area contributed by atoms with E-state index in [1.807, 2.05) is 4.90 Å². The quantitative estimate of drug-likeness (QED) is 0.743. The first-order valence-electron chi connectivity index (χ1n) is 6.82. The van der Waals surface area contributed by atoms with Crippen molar-refractivity contribution < 1.29 is 13.2 Å². The van der Waals surface area contributed by atoms with Gasteiger partial charge < -0.3 is 5.32 Å². The molecule has 0 spiro atoms. The van der Waals surface area contributed by atoms with E-state index in [4.69, 9.17) is 0 Å². The Morgan fingerprint density at radius 3 is 2.44 bits per heavy atom. The second kappa shape index (κ2) is 6.24. The van der Waals surface area contributed by atoms with Crippen LogP contribution in [0.25, 0.3) is 0 Å². The summed E-state index contributed by atoms with van der Waals surface area (Å²) in [5.41, 5.74) is -0.761. The lowest BCUT2D eigenvalue weighted by Gasteiger charge is -2.36. The summed E-state index contributed by atoms with van der Waals surface area (Å²) in [5.74, 6) is -1.19. The van der Waals surface area contributed by atoms with Crippen molar-refractivity contribution in [2.75, 3.05) is 26.2 Å². The number of likely N-dealkylation sites (tertiary alicyclic amines) is 1. The van der Waals surface area contributed by atoms with E-state index in [0.717, 1.165) is 32.5 Å². The maximum Gasteiger partial charge on any atom is 0.393 e. The van der Waals surface area contributed by atoms with Gasteiger partial charge in [0.05, 0.1) is 5.92 Å². The van der Waals surface area contributed by atoms with Crippen LogP contribution in [-0.2, 0) is 0 Å². The van der Waals surface area contributed by atoms with Crippen LogP contribution in [0.4, 0.5) is 13.2 Å². The summed E-state index contributed by atoms with van der Waals surface area (Å²) in [6, 6.07) is 0. The zero-order valence-corrected chi connectivity index (χ0v) is 11.6. The summed E-state index contributed by atoms with van der Waals surface area (Å²) >= 11 is 0. The van der Waals surface area contributed by atoms with Crippen molar-refractivity contribution in [2.24, 2.45) is 5.92 Å². The minimum atomic E-state index is -4.07. The third-order valence-corrected chi connectivity index (χ3v) is 3.96. The van der Waals surface area contributed by atoms with Crippen LogP contribution < -0.4 is 5.32 Å². The van der Waals surface area contributed by atoms with Crippen LogP contribution in [0.1, 0.15) is 40.0 Å². The van der Waals surface area contributed by atoms with E-state index in [2.05, 4.69) is 12.2 Å². The number of nitrogens with one attached hydrogen (secondary N) is 1. The number of rotatable bonds is 6. The lowest BCUT2D eigenvalue weighted by atomic mass is 9.88. The van der Waals surface area contributed by atoms with Gasteiger partial charge in [-0.2, -0.15) is 13.2 Å². The van der Waals surface area contributed by atoms with Gasteiger partial charge in [0.15, 0.2) is 0 Å². The van der Waals surface area contributed by atoms with Crippen molar-refractivity contribution in [1.82, 2.24) is 10.2 Å². The summed E-state index contributed by atoms with van der Waals surface area (Å²) < 4.78 is 38.6. The minimum Gasteiger partial charge on any atom is -0.317 e. The molecule has 1 fully saturated rings. The van der Waals surface area contributed by atoms with Crippen molar-refractivity contribution >= 4 is 0 Å². The molecule has 0 aliphatic carbocycles. The molecule has 0 amide bonds. The maximum atomic E-state index is 12.9. The zero-order valence-electron chi connectivity index (χ0n) is 11.6. The van der Waals surface area contributed by atoms with Gasteiger partial charge in [-0.05, 0) is 59.3 Å². The molecular formula is C13H25F3N2. The molecule has 0 bridgehead atoms. The Labute approximate surface area is 108 Å². The van der Waals surface area contributed by atoms with E-state index in [1.165, 1.54) is 0 Å². The Morgan fingerprint density at radius 2 is 1.94 bits per heavy atom. The predicted octanol–water partition coefficient (Wildman–Crippen LogP) is 3.04. The van der Waals surface area contributed by atoms with Gasteiger partial charge in [0, 0.05) is 5.54 Å². The van der Waals surface area contributed by atoms with Gasteiger partial charge in [-0.25, -0.2) is 0 Å². The number of alkyl halides is 3. The molecule has 108 valence electrons. The summed E-state index contributed by atoms with van der Waals surface area (Å²) in [6.45, 7) is 8.71. The van der Waals surface area contributed by atoms with E-state index < -0.39 is 17.6 Å². The van der Waals surface area contributed by atoms with Gasteiger partial charge in [0.1, 0.15) is 0 Å². The average molecular weight is 266 g/mol. The first kappa shape index (κ1) is 15.8. The van der Waals surface area contributed by atoms with Gasteiger partial charge in [-0.15, -0.1) is 0 Å². The highest BCUT2D eigenvalue weighted by Gasteiger charge is 2.54. The second-order valence-corrected chi connectivity index (χ2v) is 5.63. The largest absolute Gasteiger partial charge is 0.393 e. The van der Waals surface area contributed by atoms with Crippen molar-refractivity contribution in [3.63, 3.8) is 0 Å². The standard InChI is InChI=1S/C13H25F3N2/c1-4-7-17-8-5-9-18-10-6-11(12(18,2)3)13(14,15)16/h11,17H,4-10H2,1-3H3. The molecule has 1 rings (SSSR count). The smallest absolute Gasteiger partial charge is 0.317 e. The molecule has 2 nitrogen and oxygen atoms in total. The van der Waals surface area contributed by atoms with E-state index in [0.29, 0.717) is 6.54 Å². The molecule has 0 aromatic heterocycles. The second-order valence-electron chi connectivity index (χ2n) is 5.63. The molecule has 1 heterocycles. The highest BCUT2D eigenvalue weighted by Crippen LogP contribution is 2.44. The normalized spacial score (nSPS) is 24.7. The monoisotopic (exact) mass is 266 g/mol. The number of hydrogen-bond donors (Lipinski definition) is 1. The highest BCUT2D eigenvalue weighted by molar-refractivity contribution is 4.98. The van der Waals surface area contributed by atoms with Crippen LogP contribution >= 0.6 is 0 Å². The van der Waals surface area contributed by atoms with Crippen molar-refractivity contribution in [1.29, 1.82) is 0 Å². The van der Waals surface area contributed by atoms with Gasteiger partial charge in [0.25, 0.3) is 0 Å². The number of hydrogen-bond acceptors (Lipinski definition) is 2. The number of nitrogens with zero attached hydrogens (tertiary/aromatic N) is 1. The third-order valence-electron chi connectivity index (χ3n) is 3.96. The maximum absolute atomic E-state index is 12.9. The fourth-order valence-corrected chi connectivity index (χ4v) is 2.81. The summed E-state index contributed by atoms with van der Waals surface area (Å²) in [4.78, 5) is 1.98. The third kappa shape index (κ3) is 3.85. The average Bonchev–Trinajstić information content (AvgIpc) is 2.53. The molecule has 18 heavy (non-hydrogen) atoms. The summed E-state index contributed by atoms with van der Waals surface area (Å²) in [7, 11) is 0. The first-order valence-corrected chi connectivity index (χ1v) is 6.82. The topological polar surface area (TPSA) is 15.3 Å². The van der Waals surface area contributed by atoms with E-state index in [1.54, 1.807) is 13.8 Å². The highest BCUT2D eigenvalue weighted by atomic mass is 19.4. The van der Waals surface area contributed by atoms with Crippen molar-refractivity contribution in [3.8, 4) is 0 Å². The van der Waals surface area contributed by atoms with Crippen LogP contribution in [0.5, 0.6) is 0 Å². The first-order chi connectivity index (χ1) is 8.30. The van der Waals surface area contributed by atoms with Crippen molar-refractivity contribution in [2.45, 2.75) is 51.7 Å². The van der Waals surface area contributed by atoms with Gasteiger partial charge in [-0.3, -0.25) is 4.90 Å². The molecule has 0 aromatic rings. The molecule has 0 saturated carbocycles. The lowest BCUT2D eigenvalue weighted by Crippen LogP contribution is -2.47. The number of halogens is 3. The van der Waals surface area contributed by atoms with E-state index in [-0.39, 0.29) is 6.42 Å². The Kier molecular flexibility index (Phi) is 5.46. The Bertz CT molecular complexity index is 251. The molecule has 1 unspecified atom stereocenters. The molecular weight excluding hydrogens is 241 g/mol. The SMILES string of the molecule is CCCNCCCN1CCC(C(F)(F)F)C1(C)C. The Balaban J connectivity index is 2.40. The van der Waals surface area contributed by atoms with Crippen LogP contribution in [0.2, 0.25) is 0 Å². The van der Waals surface area contributed by atoms with Gasteiger partial charge >= 0.3 is 6.18 Å². The summed E-state index contributed by atoms with van der Waals surface area (Å²) in [6.07, 6.45) is -1.84. The Morgan fingerprint density at radius 1 is 1.28 bits per heavy atom.